The molecule has 0 aliphatic rings. The Morgan fingerprint density at radius 1 is 1.14 bits per heavy atom. The number of ether oxygens (including phenoxy) is 1. The minimum Gasteiger partial charge on any atom is -0.492 e. The van der Waals surface area contributed by atoms with E-state index in [0.29, 0.717) is 18.5 Å². The summed E-state index contributed by atoms with van der Waals surface area (Å²) in [5.74, 6) is 1.61. The summed E-state index contributed by atoms with van der Waals surface area (Å²) in [6, 6.07) is 8.69. The standard InChI is InChI=1S/C18H32N2O/c1-5-17(6-2)20(14-15(3)4)11-12-21-18-10-8-7-9-16(18)13-19/h7-10,15,17H,5-6,11-14,19H2,1-4H3. The molecule has 0 bridgehead atoms. The van der Waals surface area contributed by atoms with Crippen molar-refractivity contribution in [1.29, 1.82) is 0 Å². The van der Waals surface area contributed by atoms with Crippen molar-refractivity contribution in [1.82, 2.24) is 4.90 Å². The molecule has 0 aliphatic heterocycles. The second-order valence-corrected chi connectivity index (χ2v) is 6.02. The molecule has 0 aliphatic carbocycles. The van der Waals surface area contributed by atoms with Crippen LogP contribution >= 0.6 is 0 Å². The van der Waals surface area contributed by atoms with Gasteiger partial charge in [-0.3, -0.25) is 4.90 Å². The van der Waals surface area contributed by atoms with Gasteiger partial charge in [0, 0.05) is 31.2 Å². The van der Waals surface area contributed by atoms with Gasteiger partial charge in [-0.1, -0.05) is 45.9 Å². The molecule has 0 fully saturated rings. The smallest absolute Gasteiger partial charge is 0.123 e. The molecule has 0 amide bonds. The molecule has 0 spiro atoms. The van der Waals surface area contributed by atoms with Crippen molar-refractivity contribution in [2.75, 3.05) is 19.7 Å². The molecule has 0 radical (unpaired) electrons. The summed E-state index contributed by atoms with van der Waals surface area (Å²) < 4.78 is 5.96. The molecule has 120 valence electrons. The Bertz CT molecular complexity index is 389. The number of nitrogens with two attached hydrogens (primary N) is 1. The lowest BCUT2D eigenvalue weighted by Crippen LogP contribution is -2.40. The second kappa shape index (κ2) is 9.80. The Balaban J connectivity index is 2.56. The van der Waals surface area contributed by atoms with E-state index in [1.54, 1.807) is 0 Å². The number of hydrogen-bond donors (Lipinski definition) is 1. The quantitative estimate of drug-likeness (QED) is 0.715. The van der Waals surface area contributed by atoms with E-state index < -0.39 is 0 Å². The first-order valence-electron chi connectivity index (χ1n) is 8.27. The molecular weight excluding hydrogens is 260 g/mol. The molecule has 0 saturated heterocycles. The maximum Gasteiger partial charge on any atom is 0.123 e. The number of benzene rings is 1. The molecule has 21 heavy (non-hydrogen) atoms. The first-order chi connectivity index (χ1) is 10.1. The van der Waals surface area contributed by atoms with Crippen LogP contribution in [0, 0.1) is 5.92 Å². The van der Waals surface area contributed by atoms with Gasteiger partial charge in [-0.15, -0.1) is 0 Å². The monoisotopic (exact) mass is 292 g/mol. The summed E-state index contributed by atoms with van der Waals surface area (Å²) >= 11 is 0. The van der Waals surface area contributed by atoms with Crippen molar-refractivity contribution >= 4 is 0 Å². The van der Waals surface area contributed by atoms with Crippen LogP contribution in [0.3, 0.4) is 0 Å². The SMILES string of the molecule is CCC(CC)N(CCOc1ccccc1CN)CC(C)C. The van der Waals surface area contributed by atoms with Gasteiger partial charge >= 0.3 is 0 Å². The predicted molar refractivity (Wildman–Crippen MR) is 90.6 cm³/mol. The van der Waals surface area contributed by atoms with Gasteiger partial charge in [0.15, 0.2) is 0 Å². The van der Waals surface area contributed by atoms with Crippen LogP contribution < -0.4 is 10.5 Å². The molecule has 3 nitrogen and oxygen atoms in total. The summed E-state index contributed by atoms with van der Waals surface area (Å²) in [6.07, 6.45) is 2.39. The highest BCUT2D eigenvalue weighted by molar-refractivity contribution is 5.32. The molecular formula is C18H32N2O. The van der Waals surface area contributed by atoms with E-state index in [0.717, 1.165) is 31.0 Å². The van der Waals surface area contributed by atoms with Gasteiger partial charge in [-0.2, -0.15) is 0 Å². The van der Waals surface area contributed by atoms with Crippen LogP contribution in [0.4, 0.5) is 0 Å². The lowest BCUT2D eigenvalue weighted by molar-refractivity contribution is 0.136. The highest BCUT2D eigenvalue weighted by Crippen LogP contribution is 2.17. The Kier molecular flexibility index (Phi) is 8.40. The summed E-state index contributed by atoms with van der Waals surface area (Å²) in [4.78, 5) is 2.57. The molecule has 0 saturated carbocycles. The largest absolute Gasteiger partial charge is 0.492 e. The molecule has 1 aromatic carbocycles. The first-order valence-corrected chi connectivity index (χ1v) is 8.27. The molecule has 0 unspecified atom stereocenters. The summed E-state index contributed by atoms with van der Waals surface area (Å²) in [5, 5.41) is 0. The predicted octanol–water partition coefficient (Wildman–Crippen LogP) is 3.67. The molecule has 1 rings (SSSR count). The zero-order valence-corrected chi connectivity index (χ0v) is 14.1. The number of hydrogen-bond acceptors (Lipinski definition) is 3. The van der Waals surface area contributed by atoms with E-state index in [1.807, 2.05) is 24.3 Å². The zero-order valence-electron chi connectivity index (χ0n) is 14.1. The minimum absolute atomic E-state index is 0.526. The summed E-state index contributed by atoms with van der Waals surface area (Å²) in [6.45, 7) is 12.5. The van der Waals surface area contributed by atoms with E-state index in [2.05, 4.69) is 32.6 Å². The number of para-hydroxylation sites is 1. The van der Waals surface area contributed by atoms with Crippen LogP contribution in [-0.4, -0.2) is 30.6 Å². The van der Waals surface area contributed by atoms with E-state index in [1.165, 1.54) is 12.8 Å². The Morgan fingerprint density at radius 2 is 1.81 bits per heavy atom. The average molecular weight is 292 g/mol. The minimum atomic E-state index is 0.526. The normalized spacial score (nSPS) is 11.6. The van der Waals surface area contributed by atoms with E-state index in [-0.39, 0.29) is 0 Å². The third-order valence-corrected chi connectivity index (χ3v) is 3.89. The first kappa shape index (κ1) is 18.0. The molecule has 2 N–H and O–H groups in total. The fourth-order valence-electron chi connectivity index (χ4n) is 2.78. The van der Waals surface area contributed by atoms with Gasteiger partial charge in [0.1, 0.15) is 12.4 Å². The maximum atomic E-state index is 5.96. The van der Waals surface area contributed by atoms with Gasteiger partial charge in [0.05, 0.1) is 0 Å². The van der Waals surface area contributed by atoms with Crippen LogP contribution in [0.1, 0.15) is 46.1 Å². The Labute approximate surface area is 130 Å². The molecule has 3 heteroatoms. The van der Waals surface area contributed by atoms with Gasteiger partial charge < -0.3 is 10.5 Å². The summed E-state index contributed by atoms with van der Waals surface area (Å²) in [7, 11) is 0. The van der Waals surface area contributed by atoms with Crippen molar-refractivity contribution in [3.8, 4) is 5.75 Å². The van der Waals surface area contributed by atoms with Crippen molar-refractivity contribution < 1.29 is 4.74 Å². The van der Waals surface area contributed by atoms with E-state index in [4.69, 9.17) is 10.5 Å². The van der Waals surface area contributed by atoms with Crippen molar-refractivity contribution in [3.05, 3.63) is 29.8 Å². The molecule has 0 atom stereocenters. The fourth-order valence-corrected chi connectivity index (χ4v) is 2.78. The number of rotatable bonds is 10. The lowest BCUT2D eigenvalue weighted by atomic mass is 10.1. The van der Waals surface area contributed by atoms with Crippen LogP contribution in [-0.2, 0) is 6.54 Å². The van der Waals surface area contributed by atoms with E-state index >= 15 is 0 Å². The zero-order chi connectivity index (χ0) is 15.7. The third kappa shape index (κ3) is 6.06. The molecule has 0 aromatic heterocycles. The molecule has 1 aromatic rings. The second-order valence-electron chi connectivity index (χ2n) is 6.02. The van der Waals surface area contributed by atoms with Crippen molar-refractivity contribution in [2.45, 2.75) is 53.1 Å². The highest BCUT2D eigenvalue weighted by Gasteiger charge is 2.16. The van der Waals surface area contributed by atoms with E-state index in [9.17, 15) is 0 Å². The topological polar surface area (TPSA) is 38.5 Å². The number of nitrogens with zero attached hydrogens (tertiary/aromatic N) is 1. The van der Waals surface area contributed by atoms with Crippen LogP contribution in [0.5, 0.6) is 5.75 Å². The fraction of sp³-hybridized carbons (Fsp3) is 0.667. The van der Waals surface area contributed by atoms with Crippen LogP contribution in [0.25, 0.3) is 0 Å². The maximum absolute atomic E-state index is 5.96. The van der Waals surface area contributed by atoms with Gasteiger partial charge in [0.25, 0.3) is 0 Å². The molecule has 0 heterocycles. The van der Waals surface area contributed by atoms with Crippen molar-refractivity contribution in [2.24, 2.45) is 11.7 Å². The highest BCUT2D eigenvalue weighted by atomic mass is 16.5. The summed E-state index contributed by atoms with van der Waals surface area (Å²) in [5.41, 5.74) is 6.83. The average Bonchev–Trinajstić information content (AvgIpc) is 2.48. The van der Waals surface area contributed by atoms with Crippen molar-refractivity contribution in [3.63, 3.8) is 0 Å². The lowest BCUT2D eigenvalue weighted by Gasteiger charge is -2.31. The van der Waals surface area contributed by atoms with Gasteiger partial charge in [-0.25, -0.2) is 0 Å². The van der Waals surface area contributed by atoms with Crippen LogP contribution in [0.15, 0.2) is 24.3 Å². The third-order valence-electron chi connectivity index (χ3n) is 3.89. The van der Waals surface area contributed by atoms with Gasteiger partial charge in [-0.05, 0) is 24.8 Å². The Morgan fingerprint density at radius 3 is 2.38 bits per heavy atom. The van der Waals surface area contributed by atoms with Gasteiger partial charge in [0.2, 0.25) is 0 Å². The Hall–Kier alpha value is -1.06. The van der Waals surface area contributed by atoms with Crippen LogP contribution in [0.2, 0.25) is 0 Å².